The predicted molar refractivity (Wildman–Crippen MR) is 116 cm³/mol. The molecule has 1 aromatic heterocycles. The summed E-state index contributed by atoms with van der Waals surface area (Å²) < 4.78 is 1.85. The second-order valence-corrected chi connectivity index (χ2v) is 7.46. The Kier molecular flexibility index (Phi) is 6.21. The molecular formula is C24H25N5O. The van der Waals surface area contributed by atoms with Gasteiger partial charge in [0.15, 0.2) is 0 Å². The minimum Gasteiger partial charge on any atom is -0.312 e. The lowest BCUT2D eigenvalue weighted by Crippen LogP contribution is -2.23. The van der Waals surface area contributed by atoms with E-state index in [-0.39, 0.29) is 5.91 Å². The van der Waals surface area contributed by atoms with Crippen LogP contribution < -0.4 is 10.2 Å². The van der Waals surface area contributed by atoms with Crippen LogP contribution in [0.25, 0.3) is 11.3 Å². The summed E-state index contributed by atoms with van der Waals surface area (Å²) in [5.41, 5.74) is 5.28. The van der Waals surface area contributed by atoms with Gasteiger partial charge in [0.05, 0.1) is 24.7 Å². The maximum Gasteiger partial charge on any atom is 0.227 e. The van der Waals surface area contributed by atoms with Crippen molar-refractivity contribution in [3.05, 3.63) is 71.9 Å². The van der Waals surface area contributed by atoms with E-state index in [1.165, 1.54) is 5.56 Å². The van der Waals surface area contributed by atoms with Gasteiger partial charge in [0.2, 0.25) is 5.91 Å². The van der Waals surface area contributed by atoms with Gasteiger partial charge in [-0.05, 0) is 24.1 Å². The number of carbonyl (C=O) groups is 1. The van der Waals surface area contributed by atoms with E-state index >= 15 is 0 Å². The zero-order chi connectivity index (χ0) is 20.8. The first-order chi connectivity index (χ1) is 14.7. The maximum atomic E-state index is 11.9. The van der Waals surface area contributed by atoms with Gasteiger partial charge in [-0.1, -0.05) is 42.5 Å². The van der Waals surface area contributed by atoms with E-state index < -0.39 is 0 Å². The average molecular weight is 399 g/mol. The third kappa shape index (κ3) is 4.58. The summed E-state index contributed by atoms with van der Waals surface area (Å²) >= 11 is 0. The number of benzene rings is 2. The molecule has 0 saturated carbocycles. The third-order valence-corrected chi connectivity index (χ3v) is 5.30. The number of aromatic nitrogens is 2. The number of hydrogen-bond acceptors (Lipinski definition) is 4. The first-order valence-corrected chi connectivity index (χ1v) is 10.3. The molecule has 6 nitrogen and oxygen atoms in total. The predicted octanol–water partition coefficient (Wildman–Crippen LogP) is 3.88. The number of nitrogens with one attached hydrogen (secondary N) is 1. The van der Waals surface area contributed by atoms with E-state index in [0.29, 0.717) is 25.9 Å². The summed E-state index contributed by atoms with van der Waals surface area (Å²) in [6, 6.07) is 20.5. The number of aryl methyl sites for hydroxylation is 1. The molecular weight excluding hydrogens is 374 g/mol. The van der Waals surface area contributed by atoms with E-state index in [0.717, 1.165) is 42.0 Å². The third-order valence-electron chi connectivity index (χ3n) is 5.30. The molecule has 3 aromatic rings. The van der Waals surface area contributed by atoms with Gasteiger partial charge >= 0.3 is 0 Å². The van der Waals surface area contributed by atoms with Gasteiger partial charge in [-0.25, -0.2) is 0 Å². The van der Waals surface area contributed by atoms with Crippen molar-refractivity contribution < 1.29 is 4.79 Å². The summed E-state index contributed by atoms with van der Waals surface area (Å²) in [4.78, 5) is 13.8. The fraction of sp³-hybridized carbons (Fsp3) is 0.292. The molecule has 0 aliphatic carbocycles. The molecule has 4 rings (SSSR count). The van der Waals surface area contributed by atoms with Crippen molar-refractivity contribution >= 4 is 11.6 Å². The maximum absolute atomic E-state index is 11.9. The van der Waals surface area contributed by atoms with E-state index in [2.05, 4.69) is 35.7 Å². The van der Waals surface area contributed by atoms with Crippen molar-refractivity contribution in [3.63, 3.8) is 0 Å². The topological polar surface area (TPSA) is 74.0 Å². The van der Waals surface area contributed by atoms with Crippen LogP contribution in [-0.2, 0) is 24.4 Å². The van der Waals surface area contributed by atoms with Crippen molar-refractivity contribution in [2.24, 2.45) is 0 Å². The van der Waals surface area contributed by atoms with E-state index in [9.17, 15) is 4.79 Å². The Hall–Kier alpha value is -3.43. The standard InChI is InChI=1S/C24H25N5O/c25-13-5-14-28-18-21(24(27-28)20-6-2-1-3-7-20)17-26-16-19-9-11-22(12-10-19)29-15-4-8-23(29)30/h1-3,6-7,9-12,18,26H,4-5,8,14-17H2. The molecule has 1 amide bonds. The highest BCUT2D eigenvalue weighted by molar-refractivity contribution is 5.95. The van der Waals surface area contributed by atoms with Crippen LogP contribution in [0.15, 0.2) is 60.8 Å². The number of nitrogens with zero attached hydrogens (tertiary/aromatic N) is 4. The molecule has 0 atom stereocenters. The number of nitriles is 1. The van der Waals surface area contributed by atoms with Crippen LogP contribution in [0.4, 0.5) is 5.69 Å². The Labute approximate surface area is 176 Å². The van der Waals surface area contributed by atoms with Gasteiger partial charge in [-0.3, -0.25) is 9.48 Å². The van der Waals surface area contributed by atoms with E-state index in [1.807, 2.05) is 46.1 Å². The molecule has 1 aliphatic rings. The van der Waals surface area contributed by atoms with Gasteiger partial charge in [-0.2, -0.15) is 10.4 Å². The average Bonchev–Trinajstić information content (AvgIpc) is 3.39. The van der Waals surface area contributed by atoms with Crippen LogP contribution in [0, 0.1) is 11.3 Å². The summed E-state index contributed by atoms with van der Waals surface area (Å²) in [6.45, 7) is 2.82. The van der Waals surface area contributed by atoms with E-state index in [4.69, 9.17) is 10.4 Å². The van der Waals surface area contributed by atoms with Crippen molar-refractivity contribution in [1.29, 1.82) is 5.26 Å². The molecule has 0 unspecified atom stereocenters. The molecule has 1 aliphatic heterocycles. The van der Waals surface area contributed by atoms with Crippen molar-refractivity contribution in [2.75, 3.05) is 11.4 Å². The van der Waals surface area contributed by atoms with Gasteiger partial charge in [0.1, 0.15) is 0 Å². The minimum atomic E-state index is 0.211. The summed E-state index contributed by atoms with van der Waals surface area (Å²) in [5, 5.41) is 17.1. The second-order valence-electron chi connectivity index (χ2n) is 7.46. The molecule has 0 radical (unpaired) electrons. The molecule has 0 spiro atoms. The lowest BCUT2D eigenvalue weighted by Gasteiger charge is -2.16. The number of rotatable bonds is 8. The van der Waals surface area contributed by atoms with Crippen LogP contribution >= 0.6 is 0 Å². The second kappa shape index (κ2) is 9.38. The SMILES string of the molecule is N#CCCn1cc(CNCc2ccc(N3CCCC3=O)cc2)c(-c2ccccc2)n1. The lowest BCUT2D eigenvalue weighted by atomic mass is 10.1. The van der Waals surface area contributed by atoms with Gasteiger partial charge in [-0.15, -0.1) is 0 Å². The Bertz CT molecular complexity index is 1030. The minimum absolute atomic E-state index is 0.211. The molecule has 2 aromatic carbocycles. The number of anilines is 1. The Morgan fingerprint density at radius 3 is 2.57 bits per heavy atom. The monoisotopic (exact) mass is 399 g/mol. The van der Waals surface area contributed by atoms with Crippen molar-refractivity contribution in [3.8, 4) is 17.3 Å². The molecule has 1 saturated heterocycles. The van der Waals surface area contributed by atoms with E-state index in [1.54, 1.807) is 0 Å². The molecule has 1 fully saturated rings. The Morgan fingerprint density at radius 2 is 1.87 bits per heavy atom. The molecule has 1 N–H and O–H groups in total. The Balaban J connectivity index is 1.41. The first kappa shape index (κ1) is 19.9. The molecule has 152 valence electrons. The van der Waals surface area contributed by atoms with Crippen molar-refractivity contribution in [1.82, 2.24) is 15.1 Å². The summed E-state index contributed by atoms with van der Waals surface area (Å²) in [6.07, 6.45) is 4.05. The van der Waals surface area contributed by atoms with Crippen LogP contribution in [0.1, 0.15) is 30.4 Å². The fourth-order valence-corrected chi connectivity index (χ4v) is 3.77. The highest BCUT2D eigenvalue weighted by Gasteiger charge is 2.21. The normalized spacial score (nSPS) is 13.6. The van der Waals surface area contributed by atoms with Gasteiger partial charge in [0, 0.05) is 49.1 Å². The highest BCUT2D eigenvalue weighted by atomic mass is 16.2. The Morgan fingerprint density at radius 1 is 1.07 bits per heavy atom. The van der Waals surface area contributed by atoms with Crippen LogP contribution in [-0.4, -0.2) is 22.2 Å². The number of carbonyl (C=O) groups excluding carboxylic acids is 1. The zero-order valence-electron chi connectivity index (χ0n) is 16.9. The quantitative estimate of drug-likeness (QED) is 0.624. The molecule has 30 heavy (non-hydrogen) atoms. The van der Waals surface area contributed by atoms with Crippen LogP contribution in [0.5, 0.6) is 0 Å². The smallest absolute Gasteiger partial charge is 0.227 e. The highest BCUT2D eigenvalue weighted by Crippen LogP contribution is 2.23. The molecule has 0 bridgehead atoms. The largest absolute Gasteiger partial charge is 0.312 e. The van der Waals surface area contributed by atoms with Crippen LogP contribution in [0.2, 0.25) is 0 Å². The zero-order valence-corrected chi connectivity index (χ0v) is 16.9. The number of hydrogen-bond donors (Lipinski definition) is 1. The summed E-state index contributed by atoms with van der Waals surface area (Å²) in [7, 11) is 0. The summed E-state index contributed by atoms with van der Waals surface area (Å²) in [5.74, 6) is 0.211. The van der Waals surface area contributed by atoms with Gasteiger partial charge in [0.25, 0.3) is 0 Å². The fourth-order valence-electron chi connectivity index (χ4n) is 3.77. The van der Waals surface area contributed by atoms with Crippen molar-refractivity contribution in [2.45, 2.75) is 38.9 Å². The van der Waals surface area contributed by atoms with Gasteiger partial charge < -0.3 is 10.2 Å². The molecule has 6 heteroatoms. The first-order valence-electron chi connectivity index (χ1n) is 10.3. The molecule has 2 heterocycles. The van der Waals surface area contributed by atoms with Crippen LogP contribution in [0.3, 0.4) is 0 Å². The number of amides is 1. The lowest BCUT2D eigenvalue weighted by molar-refractivity contribution is -0.117.